The zero-order valence-electron chi connectivity index (χ0n) is 9.06. The summed E-state index contributed by atoms with van der Waals surface area (Å²) in [5, 5.41) is 3.33. The minimum Gasteiger partial charge on any atom is -0.314 e. The van der Waals surface area contributed by atoms with Crippen LogP contribution in [0, 0.1) is 0 Å². The van der Waals surface area contributed by atoms with Crippen molar-refractivity contribution >= 4 is 23.6 Å². The van der Waals surface area contributed by atoms with Gasteiger partial charge < -0.3 is 5.32 Å². The lowest BCUT2D eigenvalue weighted by Crippen LogP contribution is -2.36. The SMILES string of the molecule is O=C(C=Cc1ccccc1)C1CNCCS1. The van der Waals surface area contributed by atoms with Crippen LogP contribution in [0.5, 0.6) is 0 Å². The van der Waals surface area contributed by atoms with Crippen molar-refractivity contribution in [3.05, 3.63) is 42.0 Å². The van der Waals surface area contributed by atoms with E-state index in [1.165, 1.54) is 0 Å². The third-order valence-corrected chi connectivity index (χ3v) is 3.73. The standard InChI is InChI=1S/C13H15NOS/c15-12(13-10-14-8-9-16-13)7-6-11-4-2-1-3-5-11/h1-7,13-14H,8-10H2. The average molecular weight is 233 g/mol. The minimum atomic E-state index is 0.0914. The Morgan fingerprint density at radius 3 is 2.88 bits per heavy atom. The Hall–Kier alpha value is -1.06. The van der Waals surface area contributed by atoms with Gasteiger partial charge in [-0.3, -0.25) is 4.79 Å². The summed E-state index contributed by atoms with van der Waals surface area (Å²) in [6.45, 7) is 1.81. The number of hydrogen-bond acceptors (Lipinski definition) is 3. The molecule has 1 aromatic carbocycles. The molecule has 2 rings (SSSR count). The van der Waals surface area contributed by atoms with Crippen LogP contribution in [0.25, 0.3) is 6.08 Å². The van der Waals surface area contributed by atoms with E-state index < -0.39 is 0 Å². The topological polar surface area (TPSA) is 29.1 Å². The Balaban J connectivity index is 1.93. The van der Waals surface area contributed by atoms with Gasteiger partial charge in [0.05, 0.1) is 5.25 Å². The van der Waals surface area contributed by atoms with Crippen LogP contribution in [0.1, 0.15) is 5.56 Å². The predicted molar refractivity (Wildman–Crippen MR) is 69.6 cm³/mol. The Labute approximate surface area is 100 Å². The molecular weight excluding hydrogens is 218 g/mol. The van der Waals surface area contributed by atoms with Crippen LogP contribution in [0.2, 0.25) is 0 Å². The number of nitrogens with one attached hydrogen (secondary N) is 1. The van der Waals surface area contributed by atoms with Gasteiger partial charge >= 0.3 is 0 Å². The van der Waals surface area contributed by atoms with Gasteiger partial charge in [0.1, 0.15) is 0 Å². The third-order valence-electron chi connectivity index (χ3n) is 2.48. The fourth-order valence-corrected chi connectivity index (χ4v) is 2.62. The lowest BCUT2D eigenvalue weighted by Gasteiger charge is -2.19. The quantitative estimate of drug-likeness (QED) is 0.809. The highest BCUT2D eigenvalue weighted by molar-refractivity contribution is 8.00. The van der Waals surface area contributed by atoms with Crippen molar-refractivity contribution in [2.75, 3.05) is 18.8 Å². The van der Waals surface area contributed by atoms with Crippen LogP contribution in [-0.2, 0) is 4.79 Å². The summed E-state index contributed by atoms with van der Waals surface area (Å²) in [4.78, 5) is 11.8. The van der Waals surface area contributed by atoms with Gasteiger partial charge in [0.2, 0.25) is 0 Å². The molecule has 1 saturated heterocycles. The molecule has 3 heteroatoms. The minimum absolute atomic E-state index is 0.0914. The Kier molecular flexibility index (Phi) is 4.19. The lowest BCUT2D eigenvalue weighted by molar-refractivity contribution is -0.114. The summed E-state index contributed by atoms with van der Waals surface area (Å²) in [6.07, 6.45) is 3.58. The third kappa shape index (κ3) is 3.22. The fraction of sp³-hybridized carbons (Fsp3) is 0.308. The first-order valence-corrected chi connectivity index (χ1v) is 6.50. The predicted octanol–water partition coefficient (Wildman–Crippen LogP) is 1.97. The zero-order chi connectivity index (χ0) is 11.2. The largest absolute Gasteiger partial charge is 0.314 e. The second-order valence-electron chi connectivity index (χ2n) is 3.71. The molecule has 1 heterocycles. The average Bonchev–Trinajstić information content (AvgIpc) is 2.38. The molecule has 1 N–H and O–H groups in total. The van der Waals surface area contributed by atoms with E-state index in [4.69, 9.17) is 0 Å². The van der Waals surface area contributed by atoms with E-state index in [2.05, 4.69) is 5.32 Å². The number of carbonyl (C=O) groups is 1. The first-order valence-electron chi connectivity index (χ1n) is 5.45. The molecule has 1 atom stereocenters. The summed E-state index contributed by atoms with van der Waals surface area (Å²) in [5.41, 5.74) is 1.07. The van der Waals surface area contributed by atoms with E-state index in [0.717, 1.165) is 24.4 Å². The molecule has 1 unspecified atom stereocenters. The summed E-state index contributed by atoms with van der Waals surface area (Å²) >= 11 is 1.74. The summed E-state index contributed by atoms with van der Waals surface area (Å²) in [6, 6.07) is 9.91. The zero-order valence-corrected chi connectivity index (χ0v) is 9.87. The number of thioether (sulfide) groups is 1. The number of allylic oxidation sites excluding steroid dienone is 1. The number of carbonyl (C=O) groups excluding carboxylic acids is 1. The van der Waals surface area contributed by atoms with Crippen molar-refractivity contribution in [1.82, 2.24) is 5.32 Å². The highest BCUT2D eigenvalue weighted by Crippen LogP contribution is 2.15. The van der Waals surface area contributed by atoms with Gasteiger partial charge in [0.25, 0.3) is 0 Å². The molecule has 1 aromatic rings. The monoisotopic (exact) mass is 233 g/mol. The summed E-state index contributed by atoms with van der Waals surface area (Å²) in [7, 11) is 0. The molecule has 2 nitrogen and oxygen atoms in total. The van der Waals surface area contributed by atoms with Gasteiger partial charge in [-0.05, 0) is 11.6 Å². The maximum atomic E-state index is 11.8. The Bertz CT molecular complexity index is 369. The fourth-order valence-electron chi connectivity index (χ4n) is 1.60. The first kappa shape index (κ1) is 11.4. The molecule has 0 spiro atoms. The smallest absolute Gasteiger partial charge is 0.169 e. The second kappa shape index (κ2) is 5.87. The van der Waals surface area contributed by atoms with E-state index in [1.807, 2.05) is 36.4 Å². The summed E-state index contributed by atoms with van der Waals surface area (Å²) < 4.78 is 0. The number of benzene rings is 1. The normalized spacial score (nSPS) is 21.1. The first-order chi connectivity index (χ1) is 7.86. The van der Waals surface area contributed by atoms with Crippen molar-refractivity contribution in [3.63, 3.8) is 0 Å². The van der Waals surface area contributed by atoms with Crippen LogP contribution >= 0.6 is 11.8 Å². The second-order valence-corrected chi connectivity index (χ2v) is 5.02. The maximum Gasteiger partial charge on any atom is 0.169 e. The van der Waals surface area contributed by atoms with Crippen molar-refractivity contribution in [3.8, 4) is 0 Å². The highest BCUT2D eigenvalue weighted by atomic mass is 32.2. The lowest BCUT2D eigenvalue weighted by atomic mass is 10.1. The Morgan fingerprint density at radius 1 is 1.38 bits per heavy atom. The van der Waals surface area contributed by atoms with Crippen molar-refractivity contribution in [1.29, 1.82) is 0 Å². The van der Waals surface area contributed by atoms with E-state index in [9.17, 15) is 4.79 Å². The molecular formula is C13H15NOS. The molecule has 1 aliphatic heterocycles. The molecule has 0 aliphatic carbocycles. The van der Waals surface area contributed by atoms with Gasteiger partial charge in [-0.1, -0.05) is 36.4 Å². The molecule has 0 bridgehead atoms. The molecule has 0 amide bonds. The van der Waals surface area contributed by atoms with Crippen LogP contribution in [-0.4, -0.2) is 29.9 Å². The number of hydrogen-bond donors (Lipinski definition) is 1. The van der Waals surface area contributed by atoms with Gasteiger partial charge in [0, 0.05) is 18.8 Å². The van der Waals surface area contributed by atoms with Gasteiger partial charge in [-0.15, -0.1) is 11.8 Å². The molecule has 84 valence electrons. The van der Waals surface area contributed by atoms with Gasteiger partial charge in [0.15, 0.2) is 5.78 Å². The Morgan fingerprint density at radius 2 is 2.19 bits per heavy atom. The summed E-state index contributed by atoms with van der Waals surface area (Å²) in [5.74, 6) is 1.23. The molecule has 0 radical (unpaired) electrons. The molecule has 0 saturated carbocycles. The number of ketones is 1. The van der Waals surface area contributed by atoms with Crippen LogP contribution in [0.3, 0.4) is 0 Å². The molecule has 1 fully saturated rings. The highest BCUT2D eigenvalue weighted by Gasteiger charge is 2.18. The van der Waals surface area contributed by atoms with Crippen molar-refractivity contribution < 1.29 is 4.79 Å². The van der Waals surface area contributed by atoms with E-state index in [1.54, 1.807) is 17.8 Å². The van der Waals surface area contributed by atoms with Crippen LogP contribution in [0.15, 0.2) is 36.4 Å². The van der Waals surface area contributed by atoms with E-state index >= 15 is 0 Å². The van der Waals surface area contributed by atoms with Crippen molar-refractivity contribution in [2.45, 2.75) is 5.25 Å². The molecule has 16 heavy (non-hydrogen) atoms. The van der Waals surface area contributed by atoms with Gasteiger partial charge in [-0.25, -0.2) is 0 Å². The van der Waals surface area contributed by atoms with Crippen LogP contribution in [0.4, 0.5) is 0 Å². The maximum absolute atomic E-state index is 11.8. The molecule has 0 aromatic heterocycles. The van der Waals surface area contributed by atoms with E-state index in [0.29, 0.717) is 0 Å². The van der Waals surface area contributed by atoms with Crippen molar-refractivity contribution in [2.24, 2.45) is 0 Å². The van der Waals surface area contributed by atoms with Crippen LogP contribution < -0.4 is 5.32 Å². The van der Waals surface area contributed by atoms with Gasteiger partial charge in [-0.2, -0.15) is 0 Å². The number of rotatable bonds is 3. The van der Waals surface area contributed by atoms with E-state index in [-0.39, 0.29) is 11.0 Å². The molecule has 1 aliphatic rings.